The zero-order chi connectivity index (χ0) is 25.8. The molecular formula is C38H24O. The second-order valence-corrected chi connectivity index (χ2v) is 10.1. The fourth-order valence-electron chi connectivity index (χ4n) is 6.10. The third-order valence-electron chi connectivity index (χ3n) is 7.86. The summed E-state index contributed by atoms with van der Waals surface area (Å²) in [6.07, 6.45) is 0. The van der Waals surface area contributed by atoms with Crippen molar-refractivity contribution in [3.63, 3.8) is 0 Å². The summed E-state index contributed by atoms with van der Waals surface area (Å²) in [4.78, 5) is 0. The molecule has 1 aromatic heterocycles. The van der Waals surface area contributed by atoms with Crippen molar-refractivity contribution in [3.05, 3.63) is 146 Å². The van der Waals surface area contributed by atoms with Gasteiger partial charge in [-0.05, 0) is 79.2 Å². The molecule has 0 aliphatic heterocycles. The van der Waals surface area contributed by atoms with Crippen LogP contribution in [0.15, 0.2) is 150 Å². The minimum atomic E-state index is 0.910. The van der Waals surface area contributed by atoms with Gasteiger partial charge >= 0.3 is 0 Å². The fraction of sp³-hybridized carbons (Fsp3) is 0. The largest absolute Gasteiger partial charge is 0.456 e. The van der Waals surface area contributed by atoms with Crippen LogP contribution in [-0.4, -0.2) is 0 Å². The third kappa shape index (κ3) is 3.48. The molecule has 0 radical (unpaired) electrons. The third-order valence-corrected chi connectivity index (χ3v) is 7.86. The van der Waals surface area contributed by atoms with Crippen LogP contribution in [0.4, 0.5) is 0 Å². The Hall–Kier alpha value is -5.14. The summed E-state index contributed by atoms with van der Waals surface area (Å²) >= 11 is 0. The SMILES string of the molecule is c1ccc(-c2ccc3c(c2)oc2cc(-c4c5ccccc5c(-c5ccccc5)c5ccccc45)ccc23)cc1. The summed E-state index contributed by atoms with van der Waals surface area (Å²) in [5.74, 6) is 0. The van der Waals surface area contributed by atoms with Gasteiger partial charge in [0.05, 0.1) is 0 Å². The standard InChI is InChI=1S/C38H24O/c1-3-11-25(12-4-1)27-19-21-29-30-22-20-28(24-36(30)39-35(29)23-27)38-33-17-9-7-15-31(33)37(26-13-5-2-6-14-26)32-16-8-10-18-34(32)38/h1-24H. The predicted molar refractivity (Wildman–Crippen MR) is 165 cm³/mol. The Balaban J connectivity index is 1.39. The first kappa shape index (κ1) is 21.9. The maximum absolute atomic E-state index is 6.49. The minimum Gasteiger partial charge on any atom is -0.456 e. The zero-order valence-electron chi connectivity index (χ0n) is 21.3. The Morgan fingerprint density at radius 3 is 1.23 bits per heavy atom. The lowest BCUT2D eigenvalue weighted by Gasteiger charge is -2.17. The molecule has 0 N–H and O–H groups in total. The maximum Gasteiger partial charge on any atom is 0.136 e. The molecule has 7 aromatic carbocycles. The van der Waals surface area contributed by atoms with E-state index >= 15 is 0 Å². The molecule has 8 rings (SSSR count). The van der Waals surface area contributed by atoms with Crippen molar-refractivity contribution in [2.24, 2.45) is 0 Å². The van der Waals surface area contributed by atoms with E-state index in [1.54, 1.807) is 0 Å². The second-order valence-electron chi connectivity index (χ2n) is 10.1. The first-order chi connectivity index (χ1) is 19.3. The van der Waals surface area contributed by atoms with Gasteiger partial charge < -0.3 is 4.42 Å². The topological polar surface area (TPSA) is 13.1 Å². The summed E-state index contributed by atoms with van der Waals surface area (Å²) in [6.45, 7) is 0. The van der Waals surface area contributed by atoms with E-state index in [1.165, 1.54) is 43.8 Å². The Bertz CT molecular complexity index is 2090. The molecule has 0 aliphatic carbocycles. The first-order valence-corrected chi connectivity index (χ1v) is 13.4. The molecule has 39 heavy (non-hydrogen) atoms. The minimum absolute atomic E-state index is 0.910. The number of hydrogen-bond donors (Lipinski definition) is 0. The smallest absolute Gasteiger partial charge is 0.136 e. The number of furan rings is 1. The highest BCUT2D eigenvalue weighted by atomic mass is 16.3. The molecule has 0 amide bonds. The van der Waals surface area contributed by atoms with Gasteiger partial charge in [0.15, 0.2) is 0 Å². The molecule has 1 heterocycles. The van der Waals surface area contributed by atoms with Crippen LogP contribution in [-0.2, 0) is 0 Å². The normalized spacial score (nSPS) is 11.6. The summed E-state index contributed by atoms with van der Waals surface area (Å²) in [7, 11) is 0. The molecule has 0 fully saturated rings. The van der Waals surface area contributed by atoms with Crippen LogP contribution < -0.4 is 0 Å². The lowest BCUT2D eigenvalue weighted by Crippen LogP contribution is -1.90. The summed E-state index contributed by atoms with van der Waals surface area (Å²) in [5.41, 5.74) is 9.10. The molecule has 0 aliphatic rings. The Morgan fingerprint density at radius 2 is 0.692 bits per heavy atom. The van der Waals surface area contributed by atoms with Gasteiger partial charge in [0.1, 0.15) is 11.2 Å². The monoisotopic (exact) mass is 496 g/mol. The molecule has 1 heteroatoms. The van der Waals surface area contributed by atoms with Crippen LogP contribution in [0.25, 0.3) is 76.9 Å². The summed E-state index contributed by atoms with van der Waals surface area (Å²) < 4.78 is 6.49. The maximum atomic E-state index is 6.49. The highest BCUT2D eigenvalue weighted by molar-refractivity contribution is 6.22. The molecule has 8 aromatic rings. The fourth-order valence-corrected chi connectivity index (χ4v) is 6.10. The Labute approximate surface area is 226 Å². The highest BCUT2D eigenvalue weighted by Gasteiger charge is 2.17. The Morgan fingerprint density at radius 1 is 0.282 bits per heavy atom. The van der Waals surface area contributed by atoms with Crippen molar-refractivity contribution in [1.82, 2.24) is 0 Å². The van der Waals surface area contributed by atoms with E-state index in [1.807, 2.05) is 6.07 Å². The summed E-state index contributed by atoms with van der Waals surface area (Å²) in [6, 6.07) is 51.9. The van der Waals surface area contributed by atoms with Crippen LogP contribution in [0, 0.1) is 0 Å². The van der Waals surface area contributed by atoms with E-state index in [-0.39, 0.29) is 0 Å². The lowest BCUT2D eigenvalue weighted by atomic mass is 9.86. The highest BCUT2D eigenvalue weighted by Crippen LogP contribution is 2.44. The number of fused-ring (bicyclic) bond motifs is 5. The van der Waals surface area contributed by atoms with Gasteiger partial charge in [0, 0.05) is 10.8 Å². The number of benzene rings is 7. The van der Waals surface area contributed by atoms with Crippen molar-refractivity contribution in [3.8, 4) is 33.4 Å². The average molecular weight is 497 g/mol. The van der Waals surface area contributed by atoms with E-state index in [2.05, 4.69) is 140 Å². The van der Waals surface area contributed by atoms with E-state index in [0.29, 0.717) is 0 Å². The molecule has 0 spiro atoms. The quantitative estimate of drug-likeness (QED) is 0.222. The van der Waals surface area contributed by atoms with Crippen LogP contribution in [0.5, 0.6) is 0 Å². The molecular weight excluding hydrogens is 472 g/mol. The molecule has 0 saturated carbocycles. The molecule has 0 saturated heterocycles. The molecule has 1 nitrogen and oxygen atoms in total. The van der Waals surface area contributed by atoms with E-state index in [0.717, 1.165) is 33.1 Å². The average Bonchev–Trinajstić information content (AvgIpc) is 3.37. The molecule has 0 bridgehead atoms. The molecule has 182 valence electrons. The van der Waals surface area contributed by atoms with Crippen molar-refractivity contribution in [1.29, 1.82) is 0 Å². The van der Waals surface area contributed by atoms with E-state index in [4.69, 9.17) is 4.42 Å². The van der Waals surface area contributed by atoms with Gasteiger partial charge in [0.2, 0.25) is 0 Å². The van der Waals surface area contributed by atoms with Crippen LogP contribution in [0.3, 0.4) is 0 Å². The second kappa shape index (κ2) is 8.72. The van der Waals surface area contributed by atoms with Crippen molar-refractivity contribution >= 4 is 43.5 Å². The molecule has 0 unspecified atom stereocenters. The van der Waals surface area contributed by atoms with Gasteiger partial charge in [-0.15, -0.1) is 0 Å². The van der Waals surface area contributed by atoms with Crippen molar-refractivity contribution in [2.45, 2.75) is 0 Å². The van der Waals surface area contributed by atoms with Crippen molar-refractivity contribution in [2.75, 3.05) is 0 Å². The van der Waals surface area contributed by atoms with Crippen LogP contribution in [0.2, 0.25) is 0 Å². The van der Waals surface area contributed by atoms with Crippen molar-refractivity contribution < 1.29 is 4.42 Å². The summed E-state index contributed by atoms with van der Waals surface area (Å²) in [5, 5.41) is 7.30. The lowest BCUT2D eigenvalue weighted by molar-refractivity contribution is 0.669. The van der Waals surface area contributed by atoms with E-state index < -0.39 is 0 Å². The number of hydrogen-bond acceptors (Lipinski definition) is 1. The predicted octanol–water partition coefficient (Wildman–Crippen LogP) is 10.9. The van der Waals surface area contributed by atoms with Gasteiger partial charge in [-0.1, -0.05) is 121 Å². The first-order valence-electron chi connectivity index (χ1n) is 13.4. The van der Waals surface area contributed by atoms with Gasteiger partial charge in [-0.25, -0.2) is 0 Å². The Kier molecular flexibility index (Phi) is 4.89. The van der Waals surface area contributed by atoms with Gasteiger partial charge in [-0.2, -0.15) is 0 Å². The van der Waals surface area contributed by atoms with Gasteiger partial charge in [-0.3, -0.25) is 0 Å². The van der Waals surface area contributed by atoms with Crippen LogP contribution in [0.1, 0.15) is 0 Å². The van der Waals surface area contributed by atoms with Crippen LogP contribution >= 0.6 is 0 Å². The molecule has 0 atom stereocenters. The zero-order valence-corrected chi connectivity index (χ0v) is 21.3. The number of rotatable bonds is 3. The van der Waals surface area contributed by atoms with Gasteiger partial charge in [0.25, 0.3) is 0 Å². The van der Waals surface area contributed by atoms with E-state index in [9.17, 15) is 0 Å².